The second kappa shape index (κ2) is 8.82. The minimum absolute atomic E-state index is 0.202. The molecule has 0 fully saturated rings. The van der Waals surface area contributed by atoms with Crippen molar-refractivity contribution in [1.82, 2.24) is 10.3 Å². The van der Waals surface area contributed by atoms with Gasteiger partial charge in [-0.05, 0) is 36.1 Å². The van der Waals surface area contributed by atoms with Crippen LogP contribution in [-0.2, 0) is 22.6 Å². The van der Waals surface area contributed by atoms with E-state index in [2.05, 4.69) is 10.3 Å². The number of aryl methyl sites for hydroxylation is 1. The number of hydrogen-bond donors (Lipinski definition) is 3. The number of pyridine rings is 1. The molecule has 0 aliphatic rings. The van der Waals surface area contributed by atoms with Crippen LogP contribution in [0.1, 0.15) is 24.5 Å². The molecule has 0 saturated carbocycles. The van der Waals surface area contributed by atoms with Crippen LogP contribution in [-0.4, -0.2) is 16.8 Å². The first kappa shape index (κ1) is 18.4. The summed E-state index contributed by atoms with van der Waals surface area (Å²) in [4.78, 5) is 28.1. The molecular formula is C19H24N4O2. The van der Waals surface area contributed by atoms with E-state index in [9.17, 15) is 9.59 Å². The predicted octanol–water partition coefficient (Wildman–Crippen LogP) is 1.65. The van der Waals surface area contributed by atoms with Crippen molar-refractivity contribution in [2.75, 3.05) is 5.73 Å². The van der Waals surface area contributed by atoms with Gasteiger partial charge in [-0.3, -0.25) is 9.59 Å². The van der Waals surface area contributed by atoms with Gasteiger partial charge in [-0.1, -0.05) is 37.3 Å². The highest BCUT2D eigenvalue weighted by Gasteiger charge is 2.28. The largest absolute Gasteiger partial charge is 0.384 e. The van der Waals surface area contributed by atoms with Crippen LogP contribution in [0, 0.1) is 11.8 Å². The fourth-order valence-electron chi connectivity index (χ4n) is 2.74. The van der Waals surface area contributed by atoms with E-state index in [0.717, 1.165) is 11.1 Å². The molecule has 0 bridgehead atoms. The van der Waals surface area contributed by atoms with Crippen LogP contribution in [0.5, 0.6) is 0 Å². The van der Waals surface area contributed by atoms with Crippen molar-refractivity contribution in [2.24, 2.45) is 17.6 Å². The molecule has 6 nitrogen and oxygen atoms in total. The number of amides is 2. The molecule has 2 atom stereocenters. The Bertz CT molecular complexity index is 718. The Morgan fingerprint density at radius 3 is 2.52 bits per heavy atom. The summed E-state index contributed by atoms with van der Waals surface area (Å²) in [6, 6.07) is 13.3. The van der Waals surface area contributed by atoms with Crippen molar-refractivity contribution in [3.8, 4) is 0 Å². The average molecular weight is 340 g/mol. The maximum atomic E-state index is 12.4. The molecule has 2 aromatic rings. The molecule has 6 heteroatoms. The third-order valence-electron chi connectivity index (χ3n) is 4.28. The molecule has 5 N–H and O–H groups in total. The summed E-state index contributed by atoms with van der Waals surface area (Å²) in [5.41, 5.74) is 13.1. The molecule has 2 amide bonds. The number of aromatic nitrogens is 1. The minimum atomic E-state index is -0.511. The van der Waals surface area contributed by atoms with E-state index >= 15 is 0 Å². The molecule has 0 aliphatic carbocycles. The van der Waals surface area contributed by atoms with Gasteiger partial charge in [-0.15, -0.1) is 0 Å². The standard InChI is InChI=1S/C19H24N4O2/c1-13(19(25)23-12-15-9-10-22-17(20)11-15)16(18(21)24)8-7-14-5-3-2-4-6-14/h2-6,9-11,13,16H,7-8,12H2,1H3,(H2,20,22)(H2,21,24)(H,23,25)/t13-,16?/m0/s1. The van der Waals surface area contributed by atoms with Crippen molar-refractivity contribution < 1.29 is 9.59 Å². The van der Waals surface area contributed by atoms with E-state index in [1.807, 2.05) is 30.3 Å². The maximum absolute atomic E-state index is 12.4. The number of rotatable bonds is 8. The zero-order chi connectivity index (χ0) is 18.2. The van der Waals surface area contributed by atoms with Crippen LogP contribution in [0.3, 0.4) is 0 Å². The molecule has 0 spiro atoms. The second-order valence-electron chi connectivity index (χ2n) is 6.13. The number of benzene rings is 1. The number of nitrogen functional groups attached to an aromatic ring is 1. The highest BCUT2D eigenvalue weighted by Crippen LogP contribution is 2.19. The molecule has 2 rings (SSSR count). The van der Waals surface area contributed by atoms with Crippen LogP contribution in [0.4, 0.5) is 5.82 Å². The fraction of sp³-hybridized carbons (Fsp3) is 0.316. The van der Waals surface area contributed by atoms with Crippen molar-refractivity contribution in [3.63, 3.8) is 0 Å². The lowest BCUT2D eigenvalue weighted by Gasteiger charge is -2.20. The fourth-order valence-corrected chi connectivity index (χ4v) is 2.74. The number of nitrogens with one attached hydrogen (secondary N) is 1. The summed E-state index contributed by atoms with van der Waals surface area (Å²) in [5, 5.41) is 2.83. The molecule has 0 radical (unpaired) electrons. The smallest absolute Gasteiger partial charge is 0.223 e. The Kier molecular flexibility index (Phi) is 6.51. The Morgan fingerprint density at radius 2 is 1.88 bits per heavy atom. The molecular weight excluding hydrogens is 316 g/mol. The first-order valence-electron chi connectivity index (χ1n) is 8.28. The van der Waals surface area contributed by atoms with E-state index in [4.69, 9.17) is 11.5 Å². The lowest BCUT2D eigenvalue weighted by molar-refractivity contribution is -0.133. The van der Waals surface area contributed by atoms with Gasteiger partial charge in [0, 0.05) is 24.6 Å². The van der Waals surface area contributed by atoms with Gasteiger partial charge in [0.25, 0.3) is 0 Å². The summed E-state index contributed by atoms with van der Waals surface area (Å²) in [6.07, 6.45) is 2.83. The summed E-state index contributed by atoms with van der Waals surface area (Å²) in [5.74, 6) is -1.26. The number of hydrogen-bond acceptors (Lipinski definition) is 4. The summed E-state index contributed by atoms with van der Waals surface area (Å²) < 4.78 is 0. The quantitative estimate of drug-likeness (QED) is 0.678. The van der Waals surface area contributed by atoms with E-state index in [-0.39, 0.29) is 5.91 Å². The molecule has 0 saturated heterocycles. The van der Waals surface area contributed by atoms with Crippen LogP contribution in [0.15, 0.2) is 48.7 Å². The number of carbonyl (C=O) groups is 2. The zero-order valence-electron chi connectivity index (χ0n) is 14.3. The van der Waals surface area contributed by atoms with Gasteiger partial charge >= 0.3 is 0 Å². The first-order valence-corrected chi connectivity index (χ1v) is 8.28. The average Bonchev–Trinajstić information content (AvgIpc) is 2.60. The van der Waals surface area contributed by atoms with Gasteiger partial charge in [-0.2, -0.15) is 0 Å². The van der Waals surface area contributed by atoms with Crippen LogP contribution < -0.4 is 16.8 Å². The lowest BCUT2D eigenvalue weighted by Crippen LogP contribution is -2.39. The lowest BCUT2D eigenvalue weighted by atomic mass is 9.87. The van der Waals surface area contributed by atoms with Gasteiger partial charge in [0.1, 0.15) is 5.82 Å². The molecule has 132 valence electrons. The van der Waals surface area contributed by atoms with E-state index in [1.54, 1.807) is 25.3 Å². The normalized spacial score (nSPS) is 13.0. The van der Waals surface area contributed by atoms with Gasteiger partial charge in [0.05, 0.1) is 0 Å². The molecule has 1 heterocycles. The monoisotopic (exact) mass is 340 g/mol. The number of nitrogens with zero attached hydrogens (tertiary/aromatic N) is 1. The van der Waals surface area contributed by atoms with Crippen molar-refractivity contribution >= 4 is 17.6 Å². The van der Waals surface area contributed by atoms with Crippen LogP contribution >= 0.6 is 0 Å². The third kappa shape index (κ3) is 5.60. The van der Waals surface area contributed by atoms with E-state index in [0.29, 0.717) is 25.2 Å². The second-order valence-corrected chi connectivity index (χ2v) is 6.13. The summed E-state index contributed by atoms with van der Waals surface area (Å²) >= 11 is 0. The minimum Gasteiger partial charge on any atom is -0.384 e. The predicted molar refractivity (Wildman–Crippen MR) is 97.1 cm³/mol. The van der Waals surface area contributed by atoms with Gasteiger partial charge in [0.15, 0.2) is 0 Å². The number of primary amides is 1. The van der Waals surface area contributed by atoms with E-state index < -0.39 is 17.7 Å². The topological polar surface area (TPSA) is 111 Å². The molecule has 0 aliphatic heterocycles. The molecule has 1 aromatic heterocycles. The highest BCUT2D eigenvalue weighted by molar-refractivity contribution is 5.86. The van der Waals surface area contributed by atoms with Gasteiger partial charge in [0.2, 0.25) is 11.8 Å². The number of nitrogens with two attached hydrogens (primary N) is 2. The third-order valence-corrected chi connectivity index (χ3v) is 4.28. The molecule has 1 aromatic carbocycles. The Hall–Kier alpha value is -2.89. The Labute approximate surface area is 147 Å². The van der Waals surface area contributed by atoms with Gasteiger partial charge < -0.3 is 16.8 Å². The maximum Gasteiger partial charge on any atom is 0.223 e. The van der Waals surface area contributed by atoms with Gasteiger partial charge in [-0.25, -0.2) is 4.98 Å². The summed E-state index contributed by atoms with van der Waals surface area (Å²) in [7, 11) is 0. The van der Waals surface area contributed by atoms with E-state index in [1.165, 1.54) is 0 Å². The van der Waals surface area contributed by atoms with Crippen molar-refractivity contribution in [2.45, 2.75) is 26.3 Å². The first-order chi connectivity index (χ1) is 12.0. The zero-order valence-corrected chi connectivity index (χ0v) is 14.3. The van der Waals surface area contributed by atoms with Crippen LogP contribution in [0.2, 0.25) is 0 Å². The highest BCUT2D eigenvalue weighted by atomic mass is 16.2. The van der Waals surface area contributed by atoms with Crippen LogP contribution in [0.25, 0.3) is 0 Å². The molecule has 1 unspecified atom stereocenters. The van der Waals surface area contributed by atoms with Crippen molar-refractivity contribution in [3.05, 3.63) is 59.8 Å². The van der Waals surface area contributed by atoms with Crippen molar-refractivity contribution in [1.29, 1.82) is 0 Å². The Morgan fingerprint density at radius 1 is 1.16 bits per heavy atom. The summed E-state index contributed by atoms with van der Waals surface area (Å²) in [6.45, 7) is 2.07. The SMILES string of the molecule is C[C@H](C(=O)NCc1ccnc(N)c1)C(CCc1ccccc1)C(N)=O. The molecule has 25 heavy (non-hydrogen) atoms. The number of carbonyl (C=O) groups excluding carboxylic acids is 2. The number of anilines is 1. The Balaban J connectivity index is 1.92.